The number of aryl methyl sites for hydroxylation is 2. The van der Waals surface area contributed by atoms with Gasteiger partial charge in [-0.2, -0.15) is 0 Å². The van der Waals surface area contributed by atoms with Gasteiger partial charge in [-0.25, -0.2) is 22.5 Å². The van der Waals surface area contributed by atoms with E-state index in [0.717, 1.165) is 34.5 Å². The molecule has 0 spiro atoms. The van der Waals surface area contributed by atoms with E-state index in [-0.39, 0.29) is 49.7 Å². The molecule has 6 nitrogen and oxygen atoms in total. The summed E-state index contributed by atoms with van der Waals surface area (Å²) in [5.74, 6) is -3.76. The molecule has 10 heteroatoms. The number of halogens is 4. The highest BCUT2D eigenvalue weighted by molar-refractivity contribution is 5.96. The van der Waals surface area contributed by atoms with E-state index in [4.69, 9.17) is 9.51 Å². The van der Waals surface area contributed by atoms with Crippen LogP contribution in [0, 0.1) is 25.5 Å². The van der Waals surface area contributed by atoms with Crippen molar-refractivity contribution in [3.05, 3.63) is 65.3 Å². The fourth-order valence-electron chi connectivity index (χ4n) is 5.96. The molecule has 0 bridgehead atoms. The number of fused-ring (bicyclic) bond motifs is 1. The number of rotatable bonds is 4. The summed E-state index contributed by atoms with van der Waals surface area (Å²) in [7, 11) is 0. The molecule has 0 N–H and O–H groups in total. The maximum absolute atomic E-state index is 14.1. The van der Waals surface area contributed by atoms with E-state index in [1.165, 1.54) is 11.0 Å². The first-order valence-corrected chi connectivity index (χ1v) is 12.7. The molecule has 38 heavy (non-hydrogen) atoms. The number of alkyl halides is 2. The van der Waals surface area contributed by atoms with Crippen molar-refractivity contribution in [1.29, 1.82) is 0 Å². The van der Waals surface area contributed by atoms with Gasteiger partial charge in [0.15, 0.2) is 11.6 Å². The highest BCUT2D eigenvalue weighted by Gasteiger charge is 2.41. The lowest BCUT2D eigenvalue weighted by Gasteiger charge is -2.32. The average Bonchev–Trinajstić information content (AvgIpc) is 3.55. The Morgan fingerprint density at radius 3 is 2.45 bits per heavy atom. The molecule has 1 aliphatic heterocycles. The molecule has 3 heterocycles. The smallest absolute Gasteiger partial charge is 0.248 e. The number of carbonyl (C=O) groups excluding carboxylic acids is 1. The van der Waals surface area contributed by atoms with Crippen LogP contribution in [0.15, 0.2) is 40.9 Å². The summed E-state index contributed by atoms with van der Waals surface area (Å²) in [6.07, 6.45) is 0.696. The van der Waals surface area contributed by atoms with Gasteiger partial charge in [-0.1, -0.05) is 11.2 Å². The zero-order valence-electron chi connectivity index (χ0n) is 21.0. The maximum atomic E-state index is 14.1. The Labute approximate surface area is 216 Å². The van der Waals surface area contributed by atoms with Crippen molar-refractivity contribution < 1.29 is 26.9 Å². The van der Waals surface area contributed by atoms with E-state index in [1.807, 2.05) is 36.6 Å². The molecular weight excluding hydrogens is 500 g/mol. The van der Waals surface area contributed by atoms with Crippen LogP contribution >= 0.6 is 0 Å². The molecule has 2 aliphatic rings. The zero-order chi connectivity index (χ0) is 26.8. The van der Waals surface area contributed by atoms with Crippen LogP contribution in [0.5, 0.6) is 0 Å². The predicted molar refractivity (Wildman–Crippen MR) is 133 cm³/mol. The van der Waals surface area contributed by atoms with Crippen LogP contribution in [-0.4, -0.2) is 26.5 Å². The van der Waals surface area contributed by atoms with Crippen molar-refractivity contribution in [1.82, 2.24) is 14.7 Å². The molecule has 1 unspecified atom stereocenters. The Morgan fingerprint density at radius 1 is 1.00 bits per heavy atom. The van der Waals surface area contributed by atoms with Crippen molar-refractivity contribution in [2.45, 2.75) is 70.4 Å². The van der Waals surface area contributed by atoms with E-state index in [2.05, 4.69) is 5.16 Å². The number of aromatic nitrogens is 3. The van der Waals surface area contributed by atoms with Crippen LogP contribution in [0.1, 0.15) is 67.9 Å². The predicted octanol–water partition coefficient (Wildman–Crippen LogP) is 7.20. The van der Waals surface area contributed by atoms with E-state index in [9.17, 15) is 22.4 Å². The van der Waals surface area contributed by atoms with Crippen LogP contribution in [0.4, 0.5) is 23.2 Å². The fourth-order valence-corrected chi connectivity index (χ4v) is 5.96. The number of hydrogen-bond donors (Lipinski definition) is 0. The van der Waals surface area contributed by atoms with Gasteiger partial charge in [-0.05, 0) is 62.9 Å². The molecule has 1 saturated heterocycles. The SMILES string of the molecule is Cc1noc(C)c1-c1ccc2c(c1)nc(C1CCC(=O)N1c1ccc(F)c(F)c1)n2C1CCC(F)(F)CC1. The molecule has 2 aromatic heterocycles. The first-order chi connectivity index (χ1) is 18.1. The Hall–Kier alpha value is -3.69. The third-order valence-corrected chi connectivity index (χ3v) is 7.78. The van der Waals surface area contributed by atoms with Gasteiger partial charge in [0.1, 0.15) is 11.6 Å². The summed E-state index contributed by atoms with van der Waals surface area (Å²) in [6.45, 7) is 3.68. The number of imidazole rings is 1. The molecule has 1 aliphatic carbocycles. The molecule has 1 atom stereocenters. The summed E-state index contributed by atoms with van der Waals surface area (Å²) in [6, 6.07) is 8.35. The first kappa shape index (κ1) is 24.6. The molecule has 6 rings (SSSR count). The summed E-state index contributed by atoms with van der Waals surface area (Å²) < 4.78 is 63.2. The first-order valence-electron chi connectivity index (χ1n) is 12.7. The minimum absolute atomic E-state index is 0.208. The van der Waals surface area contributed by atoms with Gasteiger partial charge in [0.2, 0.25) is 11.8 Å². The van der Waals surface area contributed by atoms with Gasteiger partial charge in [-0.3, -0.25) is 4.79 Å². The largest absolute Gasteiger partial charge is 0.361 e. The van der Waals surface area contributed by atoms with E-state index in [0.29, 0.717) is 23.5 Å². The summed E-state index contributed by atoms with van der Waals surface area (Å²) in [5.41, 5.74) is 4.12. The highest BCUT2D eigenvalue weighted by atomic mass is 19.3. The number of amides is 1. The van der Waals surface area contributed by atoms with Gasteiger partial charge in [0, 0.05) is 42.6 Å². The van der Waals surface area contributed by atoms with E-state index < -0.39 is 23.6 Å². The van der Waals surface area contributed by atoms with Crippen LogP contribution in [0.2, 0.25) is 0 Å². The Kier molecular flexibility index (Phi) is 5.81. The lowest BCUT2D eigenvalue weighted by molar-refractivity contribution is -0.117. The minimum Gasteiger partial charge on any atom is -0.361 e. The molecule has 4 aromatic rings. The Bertz CT molecular complexity index is 1530. The average molecular weight is 527 g/mol. The van der Waals surface area contributed by atoms with Crippen LogP contribution in [0.25, 0.3) is 22.2 Å². The summed E-state index contributed by atoms with van der Waals surface area (Å²) in [5, 5.41) is 4.04. The molecular formula is C28H26F4N4O2. The Morgan fingerprint density at radius 2 is 1.76 bits per heavy atom. The summed E-state index contributed by atoms with van der Waals surface area (Å²) >= 11 is 0. The normalized spacial score (nSPS) is 20.1. The number of hydrogen-bond acceptors (Lipinski definition) is 4. The third kappa shape index (κ3) is 4.06. The lowest BCUT2D eigenvalue weighted by Crippen LogP contribution is -2.32. The number of anilines is 1. The number of nitrogens with zero attached hydrogens (tertiary/aromatic N) is 4. The van der Waals surface area contributed by atoms with Crippen molar-refractivity contribution in [3.63, 3.8) is 0 Å². The third-order valence-electron chi connectivity index (χ3n) is 7.78. The van der Waals surface area contributed by atoms with Gasteiger partial charge in [0.25, 0.3) is 0 Å². The van der Waals surface area contributed by atoms with Gasteiger partial charge >= 0.3 is 0 Å². The van der Waals surface area contributed by atoms with Crippen molar-refractivity contribution in [2.24, 2.45) is 0 Å². The second-order valence-corrected chi connectivity index (χ2v) is 10.2. The second-order valence-electron chi connectivity index (χ2n) is 10.2. The highest BCUT2D eigenvalue weighted by Crippen LogP contribution is 2.44. The van der Waals surface area contributed by atoms with Crippen LogP contribution in [-0.2, 0) is 4.79 Å². The number of benzene rings is 2. The fraction of sp³-hybridized carbons (Fsp3) is 0.393. The molecule has 1 saturated carbocycles. The molecule has 0 radical (unpaired) electrons. The molecule has 2 aromatic carbocycles. The van der Waals surface area contributed by atoms with Crippen molar-refractivity contribution >= 4 is 22.6 Å². The zero-order valence-corrected chi connectivity index (χ0v) is 21.0. The lowest BCUT2D eigenvalue weighted by atomic mass is 9.91. The van der Waals surface area contributed by atoms with Gasteiger partial charge in [0.05, 0.1) is 22.8 Å². The number of carbonyl (C=O) groups is 1. The topological polar surface area (TPSA) is 64.2 Å². The second kappa shape index (κ2) is 8.96. The van der Waals surface area contributed by atoms with E-state index in [1.54, 1.807) is 0 Å². The molecule has 1 amide bonds. The van der Waals surface area contributed by atoms with Crippen LogP contribution < -0.4 is 4.90 Å². The standard InChI is InChI=1S/C28H26F4N4O2/c1-15-26(16(2)38-34-15)17-3-6-23-22(13-17)33-27(36(23)18-9-11-28(31,32)12-10-18)24-7-8-25(37)35(24)19-4-5-20(29)21(30)14-19/h3-6,13-14,18,24H,7-12H2,1-2H3. The summed E-state index contributed by atoms with van der Waals surface area (Å²) in [4.78, 5) is 19.4. The van der Waals surface area contributed by atoms with Crippen LogP contribution in [0.3, 0.4) is 0 Å². The van der Waals surface area contributed by atoms with Crippen molar-refractivity contribution in [2.75, 3.05) is 4.90 Å². The minimum atomic E-state index is -2.70. The molecule has 198 valence electrons. The monoisotopic (exact) mass is 526 g/mol. The van der Waals surface area contributed by atoms with Gasteiger partial charge < -0.3 is 14.0 Å². The Balaban J connectivity index is 1.50. The quantitative estimate of drug-likeness (QED) is 0.264. The van der Waals surface area contributed by atoms with Gasteiger partial charge in [-0.15, -0.1) is 0 Å². The molecule has 2 fully saturated rings. The van der Waals surface area contributed by atoms with E-state index >= 15 is 0 Å². The maximum Gasteiger partial charge on any atom is 0.248 e. The van der Waals surface area contributed by atoms with Crippen molar-refractivity contribution in [3.8, 4) is 11.1 Å².